The Bertz CT molecular complexity index is 651. The van der Waals surface area contributed by atoms with Gasteiger partial charge in [-0.1, -0.05) is 38.1 Å². The molecular weight excluding hydrogens is 288 g/mol. The SMILES string of the molecule is COc1ccccc1N[C@H](C)C(=O)Nc1ccc(C(C)C)cc1. The monoisotopic (exact) mass is 312 g/mol. The fraction of sp³-hybridized carbons (Fsp3) is 0.316. The molecule has 4 heteroatoms. The van der Waals surface area contributed by atoms with E-state index in [1.54, 1.807) is 7.11 Å². The molecule has 0 saturated heterocycles. The fourth-order valence-corrected chi connectivity index (χ4v) is 2.26. The van der Waals surface area contributed by atoms with E-state index in [0.29, 0.717) is 11.7 Å². The number of para-hydroxylation sites is 2. The number of hydrogen-bond acceptors (Lipinski definition) is 3. The van der Waals surface area contributed by atoms with E-state index in [-0.39, 0.29) is 11.9 Å². The van der Waals surface area contributed by atoms with Gasteiger partial charge < -0.3 is 15.4 Å². The van der Waals surface area contributed by atoms with E-state index in [1.807, 2.05) is 55.5 Å². The van der Waals surface area contributed by atoms with Gasteiger partial charge in [-0.3, -0.25) is 4.79 Å². The largest absolute Gasteiger partial charge is 0.495 e. The van der Waals surface area contributed by atoms with Gasteiger partial charge >= 0.3 is 0 Å². The van der Waals surface area contributed by atoms with Gasteiger partial charge in [0.05, 0.1) is 12.8 Å². The molecule has 2 rings (SSSR count). The van der Waals surface area contributed by atoms with Crippen molar-refractivity contribution in [3.05, 3.63) is 54.1 Å². The van der Waals surface area contributed by atoms with E-state index < -0.39 is 0 Å². The number of methoxy groups -OCH3 is 1. The van der Waals surface area contributed by atoms with Crippen LogP contribution in [0.2, 0.25) is 0 Å². The molecule has 0 spiro atoms. The van der Waals surface area contributed by atoms with Crippen LogP contribution in [0.15, 0.2) is 48.5 Å². The minimum atomic E-state index is -0.379. The molecule has 1 amide bonds. The first-order valence-electron chi connectivity index (χ1n) is 7.81. The van der Waals surface area contributed by atoms with Gasteiger partial charge in [0.2, 0.25) is 5.91 Å². The number of nitrogens with one attached hydrogen (secondary N) is 2. The highest BCUT2D eigenvalue weighted by atomic mass is 16.5. The standard InChI is InChI=1S/C19H24N2O2/c1-13(2)15-9-11-16(12-10-15)21-19(22)14(3)20-17-7-5-6-8-18(17)23-4/h5-14,20H,1-4H3,(H,21,22)/t14-/m1/s1. The van der Waals surface area contributed by atoms with Crippen LogP contribution in [0.3, 0.4) is 0 Å². The average Bonchev–Trinajstić information content (AvgIpc) is 2.55. The number of anilines is 2. The lowest BCUT2D eigenvalue weighted by Crippen LogP contribution is -2.32. The second-order valence-corrected chi connectivity index (χ2v) is 5.83. The number of amides is 1. The van der Waals surface area contributed by atoms with Gasteiger partial charge in [-0.2, -0.15) is 0 Å². The summed E-state index contributed by atoms with van der Waals surface area (Å²) in [5, 5.41) is 6.10. The number of benzene rings is 2. The molecule has 4 nitrogen and oxygen atoms in total. The molecule has 0 aliphatic carbocycles. The quantitative estimate of drug-likeness (QED) is 0.838. The molecule has 0 bridgehead atoms. The summed E-state index contributed by atoms with van der Waals surface area (Å²) in [5.74, 6) is 1.10. The Hall–Kier alpha value is -2.49. The van der Waals surface area contributed by atoms with Crippen molar-refractivity contribution < 1.29 is 9.53 Å². The molecule has 2 aromatic rings. The summed E-state index contributed by atoms with van der Waals surface area (Å²) in [6.07, 6.45) is 0. The second kappa shape index (κ2) is 7.68. The lowest BCUT2D eigenvalue weighted by Gasteiger charge is -2.17. The second-order valence-electron chi connectivity index (χ2n) is 5.83. The Morgan fingerprint density at radius 1 is 1.00 bits per heavy atom. The predicted molar refractivity (Wildman–Crippen MR) is 95.2 cm³/mol. The first-order valence-corrected chi connectivity index (χ1v) is 7.81. The molecule has 0 unspecified atom stereocenters. The van der Waals surface area contributed by atoms with Crippen LogP contribution in [0.25, 0.3) is 0 Å². The van der Waals surface area contributed by atoms with Crippen LogP contribution in [0.4, 0.5) is 11.4 Å². The molecular formula is C19H24N2O2. The van der Waals surface area contributed by atoms with Crippen LogP contribution in [-0.4, -0.2) is 19.1 Å². The zero-order valence-electron chi connectivity index (χ0n) is 14.1. The summed E-state index contributed by atoms with van der Waals surface area (Å²) in [5.41, 5.74) is 2.85. The first kappa shape index (κ1) is 16.9. The molecule has 2 N–H and O–H groups in total. The van der Waals surface area contributed by atoms with Crippen molar-refractivity contribution in [1.82, 2.24) is 0 Å². The van der Waals surface area contributed by atoms with Crippen molar-refractivity contribution in [1.29, 1.82) is 0 Å². The summed E-state index contributed by atoms with van der Waals surface area (Å²) in [4.78, 5) is 12.3. The Labute approximate surface area is 137 Å². The zero-order valence-corrected chi connectivity index (χ0v) is 14.1. The summed E-state index contributed by atoms with van der Waals surface area (Å²) < 4.78 is 5.29. The van der Waals surface area contributed by atoms with Crippen molar-refractivity contribution in [2.45, 2.75) is 32.7 Å². The molecule has 0 aliphatic rings. The van der Waals surface area contributed by atoms with Crippen LogP contribution in [-0.2, 0) is 4.79 Å². The van der Waals surface area contributed by atoms with Crippen molar-refractivity contribution in [2.75, 3.05) is 17.7 Å². The van der Waals surface area contributed by atoms with Crippen molar-refractivity contribution in [2.24, 2.45) is 0 Å². The third-order valence-electron chi connectivity index (χ3n) is 3.72. The van der Waals surface area contributed by atoms with Gasteiger partial charge in [0.25, 0.3) is 0 Å². The van der Waals surface area contributed by atoms with E-state index in [1.165, 1.54) is 5.56 Å². The zero-order chi connectivity index (χ0) is 16.8. The maximum Gasteiger partial charge on any atom is 0.246 e. The third kappa shape index (κ3) is 4.49. The number of rotatable bonds is 6. The smallest absolute Gasteiger partial charge is 0.246 e. The van der Waals surface area contributed by atoms with E-state index in [4.69, 9.17) is 4.74 Å². The Morgan fingerprint density at radius 3 is 2.26 bits per heavy atom. The van der Waals surface area contributed by atoms with Gasteiger partial charge in [-0.05, 0) is 42.7 Å². The minimum absolute atomic E-state index is 0.0896. The Balaban J connectivity index is 1.99. The molecule has 0 heterocycles. The van der Waals surface area contributed by atoms with Gasteiger partial charge in [-0.15, -0.1) is 0 Å². The summed E-state index contributed by atoms with van der Waals surface area (Å²) in [7, 11) is 1.61. The van der Waals surface area contributed by atoms with E-state index >= 15 is 0 Å². The molecule has 122 valence electrons. The normalized spacial score (nSPS) is 11.9. The van der Waals surface area contributed by atoms with Crippen molar-refractivity contribution in [3.63, 3.8) is 0 Å². The van der Waals surface area contributed by atoms with Gasteiger partial charge in [0.15, 0.2) is 0 Å². The van der Waals surface area contributed by atoms with Crippen molar-refractivity contribution in [3.8, 4) is 5.75 Å². The molecule has 1 atom stereocenters. The minimum Gasteiger partial charge on any atom is -0.495 e. The van der Waals surface area contributed by atoms with Crippen LogP contribution < -0.4 is 15.4 Å². The van der Waals surface area contributed by atoms with Crippen molar-refractivity contribution >= 4 is 17.3 Å². The topological polar surface area (TPSA) is 50.4 Å². The third-order valence-corrected chi connectivity index (χ3v) is 3.72. The lowest BCUT2D eigenvalue weighted by molar-refractivity contribution is -0.116. The van der Waals surface area contributed by atoms with Crippen LogP contribution in [0, 0.1) is 0 Å². The van der Waals surface area contributed by atoms with E-state index in [9.17, 15) is 4.79 Å². The molecule has 0 saturated carbocycles. The summed E-state index contributed by atoms with van der Waals surface area (Å²) >= 11 is 0. The molecule has 0 radical (unpaired) electrons. The Kier molecular flexibility index (Phi) is 5.63. The number of ether oxygens (including phenoxy) is 1. The van der Waals surface area contributed by atoms with Crippen LogP contribution >= 0.6 is 0 Å². The Morgan fingerprint density at radius 2 is 1.65 bits per heavy atom. The molecule has 0 aliphatic heterocycles. The maximum atomic E-state index is 12.3. The number of hydrogen-bond donors (Lipinski definition) is 2. The molecule has 0 aromatic heterocycles. The van der Waals surface area contributed by atoms with Gasteiger partial charge in [0.1, 0.15) is 11.8 Å². The highest BCUT2D eigenvalue weighted by Crippen LogP contribution is 2.24. The van der Waals surface area contributed by atoms with E-state index in [0.717, 1.165) is 11.4 Å². The maximum absolute atomic E-state index is 12.3. The summed E-state index contributed by atoms with van der Waals surface area (Å²) in [6, 6.07) is 15.1. The van der Waals surface area contributed by atoms with Crippen LogP contribution in [0.5, 0.6) is 5.75 Å². The molecule has 2 aromatic carbocycles. The highest BCUT2D eigenvalue weighted by molar-refractivity contribution is 5.96. The predicted octanol–water partition coefficient (Wildman–Crippen LogP) is 4.26. The molecule has 0 fully saturated rings. The van der Waals surface area contributed by atoms with E-state index in [2.05, 4.69) is 24.5 Å². The highest BCUT2D eigenvalue weighted by Gasteiger charge is 2.14. The average molecular weight is 312 g/mol. The van der Waals surface area contributed by atoms with Gasteiger partial charge in [-0.25, -0.2) is 0 Å². The number of carbonyl (C=O) groups excluding carboxylic acids is 1. The number of carbonyl (C=O) groups is 1. The van der Waals surface area contributed by atoms with Gasteiger partial charge in [0, 0.05) is 5.69 Å². The summed E-state index contributed by atoms with van der Waals surface area (Å²) in [6.45, 7) is 6.11. The van der Waals surface area contributed by atoms with Crippen LogP contribution in [0.1, 0.15) is 32.3 Å². The first-order chi connectivity index (χ1) is 11.0. The fourth-order valence-electron chi connectivity index (χ4n) is 2.26. The molecule has 23 heavy (non-hydrogen) atoms. The lowest BCUT2D eigenvalue weighted by atomic mass is 10.0.